The number of benzene rings is 1. The molecule has 29 heavy (non-hydrogen) atoms. The summed E-state index contributed by atoms with van der Waals surface area (Å²) in [5.41, 5.74) is 1.29. The van der Waals surface area contributed by atoms with Crippen molar-refractivity contribution >= 4 is 11.8 Å². The van der Waals surface area contributed by atoms with Crippen molar-refractivity contribution in [3.05, 3.63) is 54.0 Å². The number of nitrogens with one attached hydrogen (secondary N) is 1. The van der Waals surface area contributed by atoms with E-state index in [4.69, 9.17) is 9.15 Å². The molecule has 1 unspecified atom stereocenters. The molecule has 6 nitrogen and oxygen atoms in total. The minimum atomic E-state index is -0.550. The number of ether oxygens (including phenoxy) is 1. The van der Waals surface area contributed by atoms with Crippen LogP contribution in [0.3, 0.4) is 0 Å². The van der Waals surface area contributed by atoms with Crippen LogP contribution in [0.5, 0.6) is 5.75 Å². The van der Waals surface area contributed by atoms with Crippen LogP contribution < -0.4 is 10.1 Å². The van der Waals surface area contributed by atoms with Gasteiger partial charge in [0.15, 0.2) is 5.76 Å². The fourth-order valence-corrected chi connectivity index (χ4v) is 3.78. The van der Waals surface area contributed by atoms with Gasteiger partial charge in [-0.2, -0.15) is 0 Å². The quantitative estimate of drug-likeness (QED) is 0.775. The Hall–Kier alpha value is -2.76. The Morgan fingerprint density at radius 1 is 1.17 bits per heavy atom. The van der Waals surface area contributed by atoms with E-state index in [1.807, 2.05) is 30.9 Å². The summed E-state index contributed by atoms with van der Waals surface area (Å²) in [4.78, 5) is 27.3. The van der Waals surface area contributed by atoms with Crippen LogP contribution in [-0.4, -0.2) is 43.0 Å². The van der Waals surface area contributed by atoms with Gasteiger partial charge >= 0.3 is 0 Å². The van der Waals surface area contributed by atoms with Gasteiger partial charge in [0.2, 0.25) is 5.91 Å². The lowest BCUT2D eigenvalue weighted by molar-refractivity contribution is -0.135. The van der Waals surface area contributed by atoms with Crippen LogP contribution in [0.4, 0.5) is 0 Å². The number of amides is 2. The second kappa shape index (κ2) is 9.63. The number of hydrogen-bond donors (Lipinski definition) is 1. The van der Waals surface area contributed by atoms with Crippen molar-refractivity contribution in [2.24, 2.45) is 11.8 Å². The monoisotopic (exact) mass is 398 g/mol. The zero-order chi connectivity index (χ0) is 20.8. The van der Waals surface area contributed by atoms with E-state index in [9.17, 15) is 9.59 Å². The number of hydrogen-bond acceptors (Lipinski definition) is 4. The fourth-order valence-electron chi connectivity index (χ4n) is 3.78. The molecular weight excluding hydrogens is 368 g/mol. The first-order valence-electron chi connectivity index (χ1n) is 10.2. The highest BCUT2D eigenvalue weighted by Crippen LogP contribution is 2.24. The van der Waals surface area contributed by atoms with Crippen molar-refractivity contribution in [1.29, 1.82) is 0 Å². The molecule has 1 atom stereocenters. The Morgan fingerprint density at radius 3 is 2.41 bits per heavy atom. The third kappa shape index (κ3) is 5.40. The van der Waals surface area contributed by atoms with Gasteiger partial charge in [-0.1, -0.05) is 26.0 Å². The van der Waals surface area contributed by atoms with Crippen LogP contribution in [0.15, 0.2) is 47.1 Å². The Labute approximate surface area is 172 Å². The van der Waals surface area contributed by atoms with E-state index in [1.54, 1.807) is 19.2 Å². The number of rotatable bonds is 7. The van der Waals surface area contributed by atoms with Gasteiger partial charge in [0, 0.05) is 13.1 Å². The molecule has 1 aliphatic heterocycles. The summed E-state index contributed by atoms with van der Waals surface area (Å²) in [5.74, 6) is 1.28. The molecule has 1 aliphatic rings. The molecule has 2 aromatic rings. The molecule has 0 aliphatic carbocycles. The standard InChI is InChI=1S/C23H30N2O4/c1-16(2)21(24-22(26)20-5-4-14-29-20)23(27)25-12-10-18(11-13-25)15-17-6-8-19(28-3)9-7-17/h4-9,14,16,18,21H,10-13,15H2,1-3H3,(H,24,26). The third-order valence-corrected chi connectivity index (χ3v) is 5.57. The Balaban J connectivity index is 1.53. The SMILES string of the molecule is COc1ccc(CC2CCN(C(=O)C(NC(=O)c3ccco3)C(C)C)CC2)cc1. The summed E-state index contributed by atoms with van der Waals surface area (Å²) in [6.07, 6.45) is 4.40. The molecule has 1 aromatic carbocycles. The Bertz CT molecular complexity index is 791. The molecule has 0 saturated carbocycles. The second-order valence-corrected chi connectivity index (χ2v) is 7.99. The van der Waals surface area contributed by atoms with Crippen LogP contribution in [0.1, 0.15) is 42.8 Å². The number of nitrogens with zero attached hydrogens (tertiary/aromatic N) is 1. The van der Waals surface area contributed by atoms with Gasteiger partial charge in [-0.25, -0.2) is 0 Å². The van der Waals surface area contributed by atoms with Gasteiger partial charge in [-0.05, 0) is 60.9 Å². The topological polar surface area (TPSA) is 71.8 Å². The van der Waals surface area contributed by atoms with Gasteiger partial charge < -0.3 is 19.4 Å². The fraction of sp³-hybridized carbons (Fsp3) is 0.478. The van der Waals surface area contributed by atoms with Crippen molar-refractivity contribution in [3.63, 3.8) is 0 Å². The van der Waals surface area contributed by atoms with Gasteiger partial charge in [0.1, 0.15) is 11.8 Å². The molecule has 0 bridgehead atoms. The van der Waals surface area contributed by atoms with Crippen LogP contribution in [0, 0.1) is 11.8 Å². The lowest BCUT2D eigenvalue weighted by Gasteiger charge is -2.35. The third-order valence-electron chi connectivity index (χ3n) is 5.57. The van der Waals surface area contributed by atoms with Crippen molar-refractivity contribution in [3.8, 4) is 5.75 Å². The maximum absolute atomic E-state index is 13.0. The summed E-state index contributed by atoms with van der Waals surface area (Å²) in [6.45, 7) is 5.34. The summed E-state index contributed by atoms with van der Waals surface area (Å²) in [5, 5.41) is 2.84. The highest BCUT2D eigenvalue weighted by molar-refractivity contribution is 5.95. The van der Waals surface area contributed by atoms with Gasteiger partial charge in [-0.15, -0.1) is 0 Å². The molecule has 1 fully saturated rings. The van der Waals surface area contributed by atoms with E-state index < -0.39 is 6.04 Å². The molecule has 6 heteroatoms. The predicted octanol–water partition coefficient (Wildman–Crippen LogP) is 3.52. The molecule has 1 aromatic heterocycles. The molecule has 0 radical (unpaired) electrons. The van der Waals surface area contributed by atoms with Crippen LogP contribution >= 0.6 is 0 Å². The highest BCUT2D eigenvalue weighted by atomic mass is 16.5. The summed E-state index contributed by atoms with van der Waals surface area (Å²) < 4.78 is 10.4. The molecule has 1 saturated heterocycles. The average molecular weight is 399 g/mol. The molecule has 1 N–H and O–H groups in total. The van der Waals surface area contributed by atoms with E-state index in [-0.39, 0.29) is 23.5 Å². The number of carbonyl (C=O) groups excluding carboxylic acids is 2. The summed E-state index contributed by atoms with van der Waals surface area (Å²) in [6, 6.07) is 10.9. The molecular formula is C23H30N2O4. The van der Waals surface area contributed by atoms with Crippen molar-refractivity contribution in [1.82, 2.24) is 10.2 Å². The van der Waals surface area contributed by atoms with E-state index in [2.05, 4.69) is 17.4 Å². The van der Waals surface area contributed by atoms with Crippen LogP contribution in [0.2, 0.25) is 0 Å². The number of piperidine rings is 1. The molecule has 2 heterocycles. The normalized spacial score (nSPS) is 15.9. The number of likely N-dealkylation sites (tertiary alicyclic amines) is 1. The van der Waals surface area contributed by atoms with E-state index in [0.717, 1.165) is 38.1 Å². The second-order valence-electron chi connectivity index (χ2n) is 7.99. The molecule has 3 rings (SSSR count). The van der Waals surface area contributed by atoms with Crippen LogP contribution in [0.25, 0.3) is 0 Å². The molecule has 0 spiro atoms. The predicted molar refractivity (Wildman–Crippen MR) is 111 cm³/mol. The zero-order valence-corrected chi connectivity index (χ0v) is 17.4. The first-order chi connectivity index (χ1) is 14.0. The summed E-state index contributed by atoms with van der Waals surface area (Å²) in [7, 11) is 1.67. The Morgan fingerprint density at radius 2 is 1.86 bits per heavy atom. The average Bonchev–Trinajstić information content (AvgIpc) is 3.27. The lowest BCUT2D eigenvalue weighted by atomic mass is 9.89. The van der Waals surface area contributed by atoms with E-state index >= 15 is 0 Å². The minimum Gasteiger partial charge on any atom is -0.497 e. The largest absolute Gasteiger partial charge is 0.497 e. The van der Waals surface area contributed by atoms with Crippen molar-refractivity contribution in [2.45, 2.75) is 39.2 Å². The van der Waals surface area contributed by atoms with Gasteiger partial charge in [0.25, 0.3) is 5.91 Å². The maximum atomic E-state index is 13.0. The first kappa shape index (κ1) is 21.0. The van der Waals surface area contributed by atoms with E-state index in [0.29, 0.717) is 5.92 Å². The van der Waals surface area contributed by atoms with Crippen molar-refractivity contribution in [2.75, 3.05) is 20.2 Å². The first-order valence-corrected chi connectivity index (χ1v) is 10.2. The minimum absolute atomic E-state index is 0.00145. The number of carbonyl (C=O) groups is 2. The molecule has 2 amide bonds. The Kier molecular flexibility index (Phi) is 6.96. The van der Waals surface area contributed by atoms with Crippen molar-refractivity contribution < 1.29 is 18.7 Å². The molecule has 156 valence electrons. The van der Waals surface area contributed by atoms with Gasteiger partial charge in [0.05, 0.1) is 13.4 Å². The van der Waals surface area contributed by atoms with E-state index in [1.165, 1.54) is 11.8 Å². The zero-order valence-electron chi connectivity index (χ0n) is 17.4. The maximum Gasteiger partial charge on any atom is 0.287 e. The number of methoxy groups -OCH3 is 1. The van der Waals surface area contributed by atoms with Crippen LogP contribution in [-0.2, 0) is 11.2 Å². The smallest absolute Gasteiger partial charge is 0.287 e. The van der Waals surface area contributed by atoms with Gasteiger partial charge in [-0.3, -0.25) is 9.59 Å². The number of furan rings is 1. The summed E-state index contributed by atoms with van der Waals surface area (Å²) >= 11 is 0. The highest BCUT2D eigenvalue weighted by Gasteiger charge is 2.31. The lowest BCUT2D eigenvalue weighted by Crippen LogP contribution is -2.53.